The first kappa shape index (κ1) is 12.1. The summed E-state index contributed by atoms with van der Waals surface area (Å²) in [6, 6.07) is 1.09. The molecule has 0 aliphatic heterocycles. The van der Waals surface area contributed by atoms with E-state index in [9.17, 15) is 13.2 Å². The maximum atomic E-state index is 12.2. The number of rotatable bonds is 5. The molecule has 1 heterocycles. The van der Waals surface area contributed by atoms with Crippen LogP contribution >= 0.6 is 0 Å². The van der Waals surface area contributed by atoms with Gasteiger partial charge in [0, 0.05) is 6.42 Å². The van der Waals surface area contributed by atoms with E-state index in [1.807, 2.05) is 0 Å². The molecule has 0 aromatic carbocycles. The summed E-state index contributed by atoms with van der Waals surface area (Å²) in [5, 5.41) is 0. The van der Waals surface area contributed by atoms with E-state index >= 15 is 0 Å². The number of unbranched alkanes of at least 4 members (excludes halogenated alkanes) is 3. The Labute approximate surface area is 87.3 Å². The van der Waals surface area contributed by atoms with E-state index in [1.165, 1.54) is 0 Å². The van der Waals surface area contributed by atoms with E-state index in [4.69, 9.17) is 4.42 Å². The van der Waals surface area contributed by atoms with Crippen molar-refractivity contribution in [3.63, 3.8) is 0 Å². The first-order chi connectivity index (χ1) is 7.04. The Kier molecular flexibility index (Phi) is 4.24. The SMILES string of the molecule is CCCCCCc1cc(C(F)(F)F)co1. The van der Waals surface area contributed by atoms with Crippen LogP contribution < -0.4 is 0 Å². The number of aryl methyl sites for hydroxylation is 1. The molecule has 0 unspecified atom stereocenters. The van der Waals surface area contributed by atoms with Crippen LogP contribution in [0.5, 0.6) is 0 Å². The molecule has 1 rings (SSSR count). The van der Waals surface area contributed by atoms with Crippen molar-refractivity contribution in [3.8, 4) is 0 Å². The zero-order valence-corrected chi connectivity index (χ0v) is 8.73. The van der Waals surface area contributed by atoms with Gasteiger partial charge in [-0.3, -0.25) is 0 Å². The van der Waals surface area contributed by atoms with E-state index in [0.29, 0.717) is 12.2 Å². The van der Waals surface area contributed by atoms with Gasteiger partial charge in [-0.15, -0.1) is 0 Å². The number of hydrogen-bond acceptors (Lipinski definition) is 1. The largest absolute Gasteiger partial charge is 0.469 e. The van der Waals surface area contributed by atoms with Crippen LogP contribution in [0.3, 0.4) is 0 Å². The lowest BCUT2D eigenvalue weighted by molar-refractivity contribution is -0.137. The Hall–Kier alpha value is -0.930. The third kappa shape index (κ3) is 3.98. The molecule has 86 valence electrons. The van der Waals surface area contributed by atoms with Crippen LogP contribution in [0.15, 0.2) is 16.7 Å². The number of hydrogen-bond donors (Lipinski definition) is 0. The highest BCUT2D eigenvalue weighted by molar-refractivity contribution is 5.16. The van der Waals surface area contributed by atoms with Gasteiger partial charge in [-0.2, -0.15) is 13.2 Å². The Morgan fingerprint density at radius 3 is 2.47 bits per heavy atom. The summed E-state index contributed by atoms with van der Waals surface area (Å²) in [5.41, 5.74) is -0.687. The van der Waals surface area contributed by atoms with E-state index in [2.05, 4.69) is 6.92 Å². The Morgan fingerprint density at radius 2 is 1.93 bits per heavy atom. The van der Waals surface area contributed by atoms with Gasteiger partial charge in [0.05, 0.1) is 5.56 Å². The summed E-state index contributed by atoms with van der Waals surface area (Å²) in [6.45, 7) is 2.09. The zero-order valence-electron chi connectivity index (χ0n) is 8.73. The Balaban J connectivity index is 2.40. The maximum Gasteiger partial charge on any atom is 0.419 e. The standard InChI is InChI=1S/C11H15F3O/c1-2-3-4-5-6-10-7-9(8-15-10)11(12,13)14/h7-8H,2-6H2,1H3. The molecule has 1 aromatic heterocycles. The highest BCUT2D eigenvalue weighted by atomic mass is 19.4. The van der Waals surface area contributed by atoms with Crippen molar-refractivity contribution >= 4 is 0 Å². The normalized spacial score (nSPS) is 12.0. The third-order valence-corrected chi connectivity index (χ3v) is 2.26. The molecule has 1 nitrogen and oxygen atoms in total. The summed E-state index contributed by atoms with van der Waals surface area (Å²) in [5.74, 6) is 0.429. The minimum atomic E-state index is -4.29. The van der Waals surface area contributed by atoms with Crippen molar-refractivity contribution in [3.05, 3.63) is 23.7 Å². The highest BCUT2D eigenvalue weighted by Gasteiger charge is 2.32. The van der Waals surface area contributed by atoms with E-state index in [1.54, 1.807) is 0 Å². The van der Waals surface area contributed by atoms with Crippen LogP contribution in [-0.4, -0.2) is 0 Å². The van der Waals surface area contributed by atoms with Crippen LogP contribution in [-0.2, 0) is 12.6 Å². The smallest absolute Gasteiger partial charge is 0.419 e. The summed E-state index contributed by atoms with van der Waals surface area (Å²) in [7, 11) is 0. The van der Waals surface area contributed by atoms with Crippen molar-refractivity contribution in [1.29, 1.82) is 0 Å². The number of alkyl halides is 3. The molecule has 0 fully saturated rings. The lowest BCUT2D eigenvalue weighted by atomic mass is 10.1. The summed E-state index contributed by atoms with van der Waals surface area (Å²) < 4.78 is 41.4. The highest BCUT2D eigenvalue weighted by Crippen LogP contribution is 2.30. The molecule has 15 heavy (non-hydrogen) atoms. The van der Waals surface area contributed by atoms with Gasteiger partial charge >= 0.3 is 6.18 Å². The van der Waals surface area contributed by atoms with Gasteiger partial charge in [0.1, 0.15) is 12.0 Å². The molecule has 0 amide bonds. The van der Waals surface area contributed by atoms with Crippen LogP contribution in [0.1, 0.15) is 43.9 Å². The van der Waals surface area contributed by atoms with Gasteiger partial charge in [0.25, 0.3) is 0 Å². The van der Waals surface area contributed by atoms with Crippen molar-refractivity contribution in [2.45, 2.75) is 45.2 Å². The van der Waals surface area contributed by atoms with E-state index < -0.39 is 11.7 Å². The molecule has 0 aliphatic rings. The molecular weight excluding hydrogens is 205 g/mol. The zero-order chi connectivity index (χ0) is 11.3. The molecule has 0 saturated carbocycles. The van der Waals surface area contributed by atoms with Crippen LogP contribution in [0, 0.1) is 0 Å². The third-order valence-electron chi connectivity index (χ3n) is 2.26. The number of halogens is 3. The topological polar surface area (TPSA) is 13.1 Å². The molecule has 1 aromatic rings. The number of furan rings is 1. The molecule has 0 radical (unpaired) electrons. The second-order valence-electron chi connectivity index (χ2n) is 3.61. The molecular formula is C11H15F3O. The monoisotopic (exact) mass is 220 g/mol. The fourth-order valence-electron chi connectivity index (χ4n) is 1.39. The lowest BCUT2D eigenvalue weighted by Gasteiger charge is -1.99. The predicted molar refractivity (Wildman–Crippen MR) is 51.6 cm³/mol. The second-order valence-corrected chi connectivity index (χ2v) is 3.61. The van der Waals surface area contributed by atoms with Gasteiger partial charge < -0.3 is 4.42 Å². The Morgan fingerprint density at radius 1 is 1.20 bits per heavy atom. The Bertz CT molecular complexity index is 288. The lowest BCUT2D eigenvalue weighted by Crippen LogP contribution is -2.02. The molecule has 0 aliphatic carbocycles. The van der Waals surface area contributed by atoms with Crippen LogP contribution in [0.4, 0.5) is 13.2 Å². The van der Waals surface area contributed by atoms with Crippen molar-refractivity contribution in [1.82, 2.24) is 0 Å². The van der Waals surface area contributed by atoms with Gasteiger partial charge in [0.2, 0.25) is 0 Å². The summed E-state index contributed by atoms with van der Waals surface area (Å²) >= 11 is 0. The quantitative estimate of drug-likeness (QED) is 0.669. The van der Waals surface area contributed by atoms with E-state index in [-0.39, 0.29) is 0 Å². The fourth-order valence-corrected chi connectivity index (χ4v) is 1.39. The van der Waals surface area contributed by atoms with E-state index in [0.717, 1.165) is 38.0 Å². The van der Waals surface area contributed by atoms with Crippen LogP contribution in [0.2, 0.25) is 0 Å². The molecule has 4 heteroatoms. The average molecular weight is 220 g/mol. The average Bonchev–Trinajstić information content (AvgIpc) is 2.60. The van der Waals surface area contributed by atoms with Crippen molar-refractivity contribution < 1.29 is 17.6 Å². The molecule has 0 atom stereocenters. The molecule has 0 saturated heterocycles. The first-order valence-electron chi connectivity index (χ1n) is 5.18. The van der Waals surface area contributed by atoms with Gasteiger partial charge in [-0.1, -0.05) is 26.2 Å². The molecule has 0 bridgehead atoms. The predicted octanol–water partition coefficient (Wildman–Crippen LogP) is 4.42. The second kappa shape index (κ2) is 5.24. The summed E-state index contributed by atoms with van der Waals surface area (Å²) in [6.07, 6.45) is 1.26. The van der Waals surface area contributed by atoms with Crippen molar-refractivity contribution in [2.75, 3.05) is 0 Å². The molecule has 0 spiro atoms. The van der Waals surface area contributed by atoms with Crippen molar-refractivity contribution in [2.24, 2.45) is 0 Å². The van der Waals surface area contributed by atoms with Gasteiger partial charge in [-0.05, 0) is 12.5 Å². The first-order valence-corrected chi connectivity index (χ1v) is 5.18. The molecule has 0 N–H and O–H groups in total. The maximum absolute atomic E-state index is 12.2. The van der Waals surface area contributed by atoms with Gasteiger partial charge in [0.15, 0.2) is 0 Å². The summed E-state index contributed by atoms with van der Waals surface area (Å²) in [4.78, 5) is 0. The fraction of sp³-hybridized carbons (Fsp3) is 0.636. The minimum absolute atomic E-state index is 0.429. The van der Waals surface area contributed by atoms with Gasteiger partial charge in [-0.25, -0.2) is 0 Å². The minimum Gasteiger partial charge on any atom is -0.469 e. The van der Waals surface area contributed by atoms with Crippen LogP contribution in [0.25, 0.3) is 0 Å².